The molecule has 0 bridgehead atoms. The molecule has 100 valence electrons. The predicted molar refractivity (Wildman–Crippen MR) is 68.2 cm³/mol. The molecular formula is C12H25N3O2. The minimum atomic E-state index is -0.763. The van der Waals surface area contributed by atoms with Gasteiger partial charge in [0.25, 0.3) is 0 Å². The molecule has 1 aliphatic heterocycles. The van der Waals surface area contributed by atoms with E-state index < -0.39 is 12.0 Å². The average Bonchev–Trinajstić information content (AvgIpc) is 2.23. The van der Waals surface area contributed by atoms with Crippen molar-refractivity contribution in [3.63, 3.8) is 0 Å². The first kappa shape index (κ1) is 14.4. The standard InChI is InChI=1S/C12H25N3O2/c1-12(2)9-15(8-7-14(12)4)6-5-10(13-3)11(16)17/h10,13H,5-9H2,1-4H3,(H,16,17). The van der Waals surface area contributed by atoms with Crippen LogP contribution in [0.15, 0.2) is 0 Å². The van der Waals surface area contributed by atoms with Crippen molar-refractivity contribution in [2.75, 3.05) is 40.3 Å². The Morgan fingerprint density at radius 2 is 2.12 bits per heavy atom. The predicted octanol–water partition coefficient (Wildman–Crippen LogP) is 0.0751. The van der Waals surface area contributed by atoms with E-state index in [-0.39, 0.29) is 5.54 Å². The van der Waals surface area contributed by atoms with Crippen LogP contribution in [-0.2, 0) is 4.79 Å². The van der Waals surface area contributed by atoms with Crippen molar-refractivity contribution in [1.82, 2.24) is 15.1 Å². The van der Waals surface area contributed by atoms with Gasteiger partial charge in [-0.2, -0.15) is 0 Å². The number of nitrogens with zero attached hydrogens (tertiary/aromatic N) is 2. The van der Waals surface area contributed by atoms with Crippen LogP contribution < -0.4 is 5.32 Å². The summed E-state index contributed by atoms with van der Waals surface area (Å²) in [6, 6.07) is -0.433. The van der Waals surface area contributed by atoms with Gasteiger partial charge in [-0.05, 0) is 34.4 Å². The molecule has 1 heterocycles. The summed E-state index contributed by atoms with van der Waals surface area (Å²) in [5.74, 6) is -0.763. The second-order valence-electron chi connectivity index (χ2n) is 5.48. The Labute approximate surface area is 104 Å². The summed E-state index contributed by atoms with van der Waals surface area (Å²) in [4.78, 5) is 15.6. The van der Waals surface area contributed by atoms with Crippen LogP contribution in [0.1, 0.15) is 20.3 Å². The zero-order valence-corrected chi connectivity index (χ0v) is 11.4. The Balaban J connectivity index is 2.40. The molecule has 5 nitrogen and oxygen atoms in total. The summed E-state index contributed by atoms with van der Waals surface area (Å²) in [6.45, 7) is 8.37. The van der Waals surface area contributed by atoms with E-state index in [1.165, 1.54) is 0 Å². The van der Waals surface area contributed by atoms with Crippen LogP contribution >= 0.6 is 0 Å². The summed E-state index contributed by atoms with van der Waals surface area (Å²) in [6.07, 6.45) is 0.658. The lowest BCUT2D eigenvalue weighted by Crippen LogP contribution is -2.58. The van der Waals surface area contributed by atoms with Gasteiger partial charge in [0.05, 0.1) is 0 Å². The molecule has 0 radical (unpaired) electrons. The van der Waals surface area contributed by atoms with Gasteiger partial charge in [-0.25, -0.2) is 0 Å². The number of nitrogens with one attached hydrogen (secondary N) is 1. The summed E-state index contributed by atoms with van der Waals surface area (Å²) in [7, 11) is 3.84. The van der Waals surface area contributed by atoms with Crippen molar-refractivity contribution in [2.24, 2.45) is 0 Å². The Bertz CT molecular complexity index is 268. The fourth-order valence-corrected chi connectivity index (χ4v) is 2.23. The summed E-state index contributed by atoms with van der Waals surface area (Å²) >= 11 is 0. The van der Waals surface area contributed by atoms with Crippen molar-refractivity contribution < 1.29 is 9.90 Å². The van der Waals surface area contributed by atoms with Gasteiger partial charge in [-0.3, -0.25) is 9.69 Å². The van der Waals surface area contributed by atoms with Gasteiger partial charge < -0.3 is 15.3 Å². The quantitative estimate of drug-likeness (QED) is 0.716. The molecule has 0 spiro atoms. The van der Waals surface area contributed by atoms with Crippen molar-refractivity contribution in [3.8, 4) is 0 Å². The zero-order valence-electron chi connectivity index (χ0n) is 11.4. The molecule has 0 saturated carbocycles. The van der Waals surface area contributed by atoms with E-state index in [0.29, 0.717) is 6.42 Å². The summed E-state index contributed by atoms with van der Waals surface area (Å²) < 4.78 is 0. The highest BCUT2D eigenvalue weighted by Crippen LogP contribution is 2.18. The van der Waals surface area contributed by atoms with Gasteiger partial charge in [0, 0.05) is 31.7 Å². The molecule has 0 aliphatic carbocycles. The molecule has 0 amide bonds. The molecule has 1 aliphatic rings. The van der Waals surface area contributed by atoms with E-state index in [2.05, 4.69) is 36.0 Å². The number of carbonyl (C=O) groups is 1. The molecule has 0 aromatic heterocycles. The monoisotopic (exact) mass is 243 g/mol. The molecule has 5 heteroatoms. The van der Waals surface area contributed by atoms with Crippen LogP contribution in [0.3, 0.4) is 0 Å². The van der Waals surface area contributed by atoms with E-state index in [1.54, 1.807) is 7.05 Å². The first-order chi connectivity index (χ1) is 7.86. The van der Waals surface area contributed by atoms with Gasteiger partial charge in [-0.1, -0.05) is 0 Å². The molecule has 1 saturated heterocycles. The Hall–Kier alpha value is -0.650. The minimum Gasteiger partial charge on any atom is -0.480 e. The van der Waals surface area contributed by atoms with Crippen LogP contribution in [0.2, 0.25) is 0 Å². The van der Waals surface area contributed by atoms with Crippen LogP contribution in [0, 0.1) is 0 Å². The molecule has 17 heavy (non-hydrogen) atoms. The van der Waals surface area contributed by atoms with Crippen LogP contribution in [0.4, 0.5) is 0 Å². The summed E-state index contributed by atoms with van der Waals surface area (Å²) in [5, 5.41) is 11.8. The largest absolute Gasteiger partial charge is 0.480 e. The highest BCUT2D eigenvalue weighted by molar-refractivity contribution is 5.73. The molecular weight excluding hydrogens is 218 g/mol. The third kappa shape index (κ3) is 3.94. The molecule has 2 N–H and O–H groups in total. The van der Waals surface area contributed by atoms with E-state index in [0.717, 1.165) is 26.2 Å². The van der Waals surface area contributed by atoms with Crippen LogP contribution in [-0.4, -0.2) is 72.7 Å². The number of carboxylic acid groups (broad SMARTS) is 1. The number of hydrogen-bond donors (Lipinski definition) is 2. The second-order valence-corrected chi connectivity index (χ2v) is 5.48. The van der Waals surface area contributed by atoms with E-state index in [1.807, 2.05) is 0 Å². The van der Waals surface area contributed by atoms with Gasteiger partial charge in [0.1, 0.15) is 6.04 Å². The smallest absolute Gasteiger partial charge is 0.320 e. The van der Waals surface area contributed by atoms with E-state index in [4.69, 9.17) is 5.11 Å². The number of likely N-dealkylation sites (N-methyl/N-ethyl adjacent to an activating group) is 2. The molecule has 1 rings (SSSR count). The molecule has 0 aromatic rings. The lowest BCUT2D eigenvalue weighted by molar-refractivity contribution is -0.139. The van der Waals surface area contributed by atoms with Crippen LogP contribution in [0.25, 0.3) is 0 Å². The Morgan fingerprint density at radius 1 is 1.47 bits per heavy atom. The maximum Gasteiger partial charge on any atom is 0.320 e. The highest BCUT2D eigenvalue weighted by atomic mass is 16.4. The number of aliphatic carboxylic acids is 1. The van der Waals surface area contributed by atoms with E-state index >= 15 is 0 Å². The third-order valence-corrected chi connectivity index (χ3v) is 3.78. The van der Waals surface area contributed by atoms with Gasteiger partial charge in [0.2, 0.25) is 0 Å². The number of piperazine rings is 1. The van der Waals surface area contributed by atoms with Crippen LogP contribution in [0.5, 0.6) is 0 Å². The maximum absolute atomic E-state index is 10.9. The highest BCUT2D eigenvalue weighted by Gasteiger charge is 2.31. The topological polar surface area (TPSA) is 55.8 Å². The fourth-order valence-electron chi connectivity index (χ4n) is 2.23. The van der Waals surface area contributed by atoms with Gasteiger partial charge in [-0.15, -0.1) is 0 Å². The lowest BCUT2D eigenvalue weighted by Gasteiger charge is -2.45. The molecule has 0 aromatic carbocycles. The van der Waals surface area contributed by atoms with Crippen molar-refractivity contribution in [2.45, 2.75) is 31.8 Å². The third-order valence-electron chi connectivity index (χ3n) is 3.78. The summed E-state index contributed by atoms with van der Waals surface area (Å²) in [5.41, 5.74) is 0.177. The minimum absolute atomic E-state index is 0.177. The van der Waals surface area contributed by atoms with Gasteiger partial charge >= 0.3 is 5.97 Å². The van der Waals surface area contributed by atoms with Crippen molar-refractivity contribution >= 4 is 5.97 Å². The Kier molecular flexibility index (Phi) is 4.91. The number of hydrogen-bond acceptors (Lipinski definition) is 4. The number of rotatable bonds is 5. The molecule has 1 atom stereocenters. The first-order valence-corrected chi connectivity index (χ1v) is 6.20. The molecule has 1 fully saturated rings. The maximum atomic E-state index is 10.9. The normalized spacial score (nSPS) is 23.5. The lowest BCUT2D eigenvalue weighted by atomic mass is 9.99. The average molecular weight is 243 g/mol. The Morgan fingerprint density at radius 3 is 2.59 bits per heavy atom. The molecule has 1 unspecified atom stereocenters. The van der Waals surface area contributed by atoms with E-state index in [9.17, 15) is 4.79 Å². The van der Waals surface area contributed by atoms with Crippen molar-refractivity contribution in [3.05, 3.63) is 0 Å². The SMILES string of the molecule is CNC(CCN1CCN(C)C(C)(C)C1)C(=O)O. The van der Waals surface area contributed by atoms with Crippen molar-refractivity contribution in [1.29, 1.82) is 0 Å². The first-order valence-electron chi connectivity index (χ1n) is 6.20. The van der Waals surface area contributed by atoms with Gasteiger partial charge in [0.15, 0.2) is 0 Å². The zero-order chi connectivity index (χ0) is 13.1. The number of carboxylic acids is 1. The fraction of sp³-hybridized carbons (Fsp3) is 0.917. The second kappa shape index (κ2) is 5.80.